The van der Waals surface area contributed by atoms with Crippen LogP contribution in [0.1, 0.15) is 28.7 Å². The zero-order chi connectivity index (χ0) is 18.7. The molecule has 2 N–H and O–H groups in total. The van der Waals surface area contributed by atoms with Crippen LogP contribution in [0.4, 0.5) is 4.39 Å². The molecule has 4 nitrogen and oxygen atoms in total. The molecule has 1 heterocycles. The summed E-state index contributed by atoms with van der Waals surface area (Å²) in [6.45, 7) is 4.21. The van der Waals surface area contributed by atoms with Crippen LogP contribution >= 0.6 is 0 Å². The molecule has 26 heavy (non-hydrogen) atoms. The maximum absolute atomic E-state index is 12.9. The first kappa shape index (κ1) is 17.9. The van der Waals surface area contributed by atoms with Gasteiger partial charge in [0.05, 0.1) is 0 Å². The van der Waals surface area contributed by atoms with Gasteiger partial charge in [-0.3, -0.25) is 9.59 Å². The average molecular weight is 352 g/mol. The highest BCUT2D eigenvalue weighted by Crippen LogP contribution is 2.17. The SMILES string of the molecule is Cc1cc2cc(CNC(=O)CCc3ccc(F)cc3)c(=O)[nH]c2cc1C. The molecular weight excluding hydrogens is 331 g/mol. The molecule has 0 bridgehead atoms. The fourth-order valence-corrected chi connectivity index (χ4v) is 2.84. The predicted molar refractivity (Wildman–Crippen MR) is 101 cm³/mol. The van der Waals surface area contributed by atoms with Gasteiger partial charge in [0.15, 0.2) is 0 Å². The normalized spacial score (nSPS) is 10.9. The van der Waals surface area contributed by atoms with Gasteiger partial charge in [0.25, 0.3) is 5.56 Å². The van der Waals surface area contributed by atoms with Crippen molar-refractivity contribution in [3.05, 3.63) is 80.9 Å². The summed E-state index contributed by atoms with van der Waals surface area (Å²) in [6, 6.07) is 11.9. The Morgan fingerprint density at radius 3 is 2.50 bits per heavy atom. The van der Waals surface area contributed by atoms with E-state index in [1.807, 2.05) is 32.0 Å². The summed E-state index contributed by atoms with van der Waals surface area (Å²) in [5.74, 6) is -0.437. The third-order valence-corrected chi connectivity index (χ3v) is 4.57. The van der Waals surface area contributed by atoms with Gasteiger partial charge in [-0.15, -0.1) is 0 Å². The largest absolute Gasteiger partial charge is 0.352 e. The molecule has 0 aliphatic carbocycles. The molecule has 0 aliphatic rings. The molecule has 2 aromatic carbocycles. The number of aromatic amines is 1. The third-order valence-electron chi connectivity index (χ3n) is 4.57. The summed E-state index contributed by atoms with van der Waals surface area (Å²) in [5.41, 5.74) is 4.30. The van der Waals surface area contributed by atoms with E-state index < -0.39 is 0 Å². The first-order valence-electron chi connectivity index (χ1n) is 8.56. The predicted octanol–water partition coefficient (Wildman–Crippen LogP) is 3.53. The topological polar surface area (TPSA) is 62.0 Å². The molecule has 0 aliphatic heterocycles. The van der Waals surface area contributed by atoms with Crippen LogP contribution in [0.15, 0.2) is 47.3 Å². The van der Waals surface area contributed by atoms with Crippen LogP contribution in [0.5, 0.6) is 0 Å². The first-order chi connectivity index (χ1) is 12.4. The van der Waals surface area contributed by atoms with Crippen LogP contribution < -0.4 is 10.9 Å². The number of carbonyl (C=O) groups excluding carboxylic acids is 1. The summed E-state index contributed by atoms with van der Waals surface area (Å²) in [7, 11) is 0. The van der Waals surface area contributed by atoms with Crippen molar-refractivity contribution >= 4 is 16.8 Å². The number of rotatable bonds is 5. The van der Waals surface area contributed by atoms with Crippen molar-refractivity contribution in [1.29, 1.82) is 0 Å². The highest BCUT2D eigenvalue weighted by Gasteiger charge is 2.07. The Labute approximate surface area is 151 Å². The first-order valence-corrected chi connectivity index (χ1v) is 8.56. The van der Waals surface area contributed by atoms with Crippen LogP contribution in [0, 0.1) is 19.7 Å². The summed E-state index contributed by atoms with van der Waals surface area (Å²) in [6.07, 6.45) is 0.814. The Hall–Kier alpha value is -2.95. The molecule has 0 spiro atoms. The average Bonchev–Trinajstić information content (AvgIpc) is 2.61. The van der Waals surface area contributed by atoms with E-state index in [9.17, 15) is 14.0 Å². The molecule has 0 unspecified atom stereocenters. The zero-order valence-corrected chi connectivity index (χ0v) is 14.9. The summed E-state index contributed by atoms with van der Waals surface area (Å²) in [5, 5.41) is 3.73. The van der Waals surface area contributed by atoms with Crippen molar-refractivity contribution in [1.82, 2.24) is 10.3 Å². The highest BCUT2D eigenvalue weighted by atomic mass is 19.1. The molecule has 1 amide bonds. The number of nitrogens with one attached hydrogen (secondary N) is 2. The van der Waals surface area contributed by atoms with Crippen molar-refractivity contribution < 1.29 is 9.18 Å². The minimum Gasteiger partial charge on any atom is -0.352 e. The molecule has 0 saturated carbocycles. The van der Waals surface area contributed by atoms with Gasteiger partial charge >= 0.3 is 0 Å². The van der Waals surface area contributed by atoms with Gasteiger partial charge in [-0.05, 0) is 72.7 Å². The van der Waals surface area contributed by atoms with Crippen LogP contribution in [-0.4, -0.2) is 10.9 Å². The lowest BCUT2D eigenvalue weighted by Crippen LogP contribution is -2.26. The molecule has 5 heteroatoms. The smallest absolute Gasteiger partial charge is 0.253 e. The van der Waals surface area contributed by atoms with Crippen molar-refractivity contribution in [3.63, 3.8) is 0 Å². The maximum Gasteiger partial charge on any atom is 0.253 e. The van der Waals surface area contributed by atoms with Crippen molar-refractivity contribution in [2.45, 2.75) is 33.2 Å². The van der Waals surface area contributed by atoms with Gasteiger partial charge in [-0.1, -0.05) is 12.1 Å². The number of halogens is 1. The maximum atomic E-state index is 12.9. The molecule has 1 aromatic heterocycles. The monoisotopic (exact) mass is 352 g/mol. The number of H-pyrrole nitrogens is 1. The second-order valence-corrected chi connectivity index (χ2v) is 6.55. The molecule has 134 valence electrons. The zero-order valence-electron chi connectivity index (χ0n) is 14.9. The van der Waals surface area contributed by atoms with E-state index in [2.05, 4.69) is 10.3 Å². The Bertz CT molecular complexity index is 1010. The van der Waals surface area contributed by atoms with Gasteiger partial charge in [0.2, 0.25) is 5.91 Å². The minimum atomic E-state index is -0.292. The third kappa shape index (κ3) is 4.17. The van der Waals surface area contributed by atoms with Crippen LogP contribution in [0.25, 0.3) is 10.9 Å². The second kappa shape index (κ2) is 7.52. The second-order valence-electron chi connectivity index (χ2n) is 6.55. The molecule has 3 aromatic rings. The Kier molecular flexibility index (Phi) is 5.16. The Morgan fingerprint density at radius 2 is 1.77 bits per heavy atom. The van der Waals surface area contributed by atoms with E-state index in [1.54, 1.807) is 12.1 Å². The number of carbonyl (C=O) groups is 1. The number of pyridine rings is 1. The number of aryl methyl sites for hydroxylation is 3. The van der Waals surface area contributed by atoms with Gasteiger partial charge in [-0.25, -0.2) is 4.39 Å². The highest BCUT2D eigenvalue weighted by molar-refractivity contribution is 5.81. The molecule has 0 radical (unpaired) electrons. The molecular formula is C21H21FN2O2. The molecule has 0 saturated heterocycles. The fraction of sp³-hybridized carbons (Fsp3) is 0.238. The van der Waals surface area contributed by atoms with Gasteiger partial charge in [0, 0.05) is 24.0 Å². The Balaban J connectivity index is 1.64. The van der Waals surface area contributed by atoms with Gasteiger partial charge in [0.1, 0.15) is 5.82 Å². The van der Waals surface area contributed by atoms with E-state index >= 15 is 0 Å². The summed E-state index contributed by atoms with van der Waals surface area (Å²) in [4.78, 5) is 27.1. The summed E-state index contributed by atoms with van der Waals surface area (Å²) < 4.78 is 12.9. The van der Waals surface area contributed by atoms with Crippen molar-refractivity contribution in [2.24, 2.45) is 0 Å². The van der Waals surface area contributed by atoms with Crippen molar-refractivity contribution in [3.8, 4) is 0 Å². The molecule has 0 fully saturated rings. The standard InChI is InChI=1S/C21H21FN2O2/c1-13-9-16-11-17(21(26)24-19(16)10-14(13)2)12-23-20(25)8-5-15-3-6-18(22)7-4-15/h3-4,6-7,9-11H,5,8,12H2,1-2H3,(H,23,25)(H,24,26). The van der Waals surface area contributed by atoms with Crippen LogP contribution in [0.2, 0.25) is 0 Å². The number of benzene rings is 2. The number of fused-ring (bicyclic) bond motifs is 1. The lowest BCUT2D eigenvalue weighted by atomic mass is 10.0. The lowest BCUT2D eigenvalue weighted by Gasteiger charge is -2.08. The number of hydrogen-bond acceptors (Lipinski definition) is 2. The quantitative estimate of drug-likeness (QED) is 0.738. The van der Waals surface area contributed by atoms with Crippen LogP contribution in [-0.2, 0) is 17.8 Å². The number of hydrogen-bond donors (Lipinski definition) is 2. The van der Waals surface area contributed by atoms with Crippen molar-refractivity contribution in [2.75, 3.05) is 0 Å². The Morgan fingerprint density at radius 1 is 1.08 bits per heavy atom. The molecule has 0 atom stereocenters. The van der Waals surface area contributed by atoms with Gasteiger partial charge < -0.3 is 10.3 Å². The van der Waals surface area contributed by atoms with Crippen LogP contribution in [0.3, 0.4) is 0 Å². The van der Waals surface area contributed by atoms with Gasteiger partial charge in [-0.2, -0.15) is 0 Å². The van der Waals surface area contributed by atoms with E-state index in [4.69, 9.17) is 0 Å². The minimum absolute atomic E-state index is 0.145. The van der Waals surface area contributed by atoms with E-state index in [0.29, 0.717) is 12.0 Å². The van der Waals surface area contributed by atoms with E-state index in [0.717, 1.165) is 27.6 Å². The fourth-order valence-electron chi connectivity index (χ4n) is 2.84. The number of amides is 1. The molecule has 3 rings (SSSR count). The number of aromatic nitrogens is 1. The van der Waals surface area contributed by atoms with E-state index in [-0.39, 0.29) is 30.2 Å². The lowest BCUT2D eigenvalue weighted by molar-refractivity contribution is -0.121. The summed E-state index contributed by atoms with van der Waals surface area (Å²) >= 11 is 0. The van der Waals surface area contributed by atoms with E-state index in [1.165, 1.54) is 12.1 Å².